The summed E-state index contributed by atoms with van der Waals surface area (Å²) in [5.41, 5.74) is 0.642. The molecule has 3 N–H and O–H groups in total. The van der Waals surface area contributed by atoms with Gasteiger partial charge in [0.25, 0.3) is 5.56 Å². The molecule has 0 aliphatic carbocycles. The molecule has 0 unspecified atom stereocenters. The van der Waals surface area contributed by atoms with Crippen molar-refractivity contribution in [1.29, 1.82) is 0 Å². The number of aromatic amines is 3. The molecule has 23 heavy (non-hydrogen) atoms. The van der Waals surface area contributed by atoms with Crippen molar-refractivity contribution < 1.29 is 4.79 Å². The van der Waals surface area contributed by atoms with Crippen LogP contribution in [0.25, 0.3) is 11.2 Å². The van der Waals surface area contributed by atoms with E-state index in [9.17, 15) is 9.59 Å². The van der Waals surface area contributed by atoms with Crippen molar-refractivity contribution >= 4 is 64.1 Å². The van der Waals surface area contributed by atoms with E-state index in [1.807, 2.05) is 0 Å². The van der Waals surface area contributed by atoms with E-state index in [0.29, 0.717) is 26.4 Å². The third-order valence-corrected chi connectivity index (χ3v) is 4.56. The van der Waals surface area contributed by atoms with E-state index in [1.54, 1.807) is 12.1 Å². The lowest BCUT2D eigenvalue weighted by molar-refractivity contribution is 0.102. The number of ketones is 1. The predicted molar refractivity (Wildman–Crippen MR) is 93.4 cm³/mol. The van der Waals surface area contributed by atoms with E-state index in [1.165, 1.54) is 6.07 Å². The number of Topliss-reactive ketones (excluding diaryl/α,β-unsaturated/α-hetero) is 1. The van der Waals surface area contributed by atoms with Crippen molar-refractivity contribution in [3.63, 3.8) is 0 Å². The zero-order chi connectivity index (χ0) is 16.6. The van der Waals surface area contributed by atoms with Gasteiger partial charge in [0.05, 0.1) is 10.8 Å². The first-order valence-corrected chi connectivity index (χ1v) is 8.42. The standard InChI is InChI=1S/C13H8Cl2N4O2S2/c14-5-1-2-6(7(15)3-5)8(20)4-23-13-16-9-10(18-13)17-12(22)19-11(9)21/h1-3H,4H2,(H3,16,17,18,19,21,22). The molecule has 0 saturated carbocycles. The molecule has 0 amide bonds. The number of imidazole rings is 1. The van der Waals surface area contributed by atoms with Crippen molar-refractivity contribution in [2.24, 2.45) is 0 Å². The highest BCUT2D eigenvalue weighted by molar-refractivity contribution is 7.99. The minimum atomic E-state index is -0.366. The summed E-state index contributed by atoms with van der Waals surface area (Å²) >= 11 is 17.9. The summed E-state index contributed by atoms with van der Waals surface area (Å²) in [4.78, 5) is 36.2. The molecule has 118 valence electrons. The van der Waals surface area contributed by atoms with Gasteiger partial charge in [-0.25, -0.2) is 4.98 Å². The number of aromatic nitrogens is 4. The second-order valence-electron chi connectivity index (χ2n) is 4.51. The first-order valence-electron chi connectivity index (χ1n) is 6.27. The zero-order valence-electron chi connectivity index (χ0n) is 11.3. The van der Waals surface area contributed by atoms with Crippen molar-refractivity contribution in [2.75, 3.05) is 5.75 Å². The first-order chi connectivity index (χ1) is 10.9. The Morgan fingerprint density at radius 2 is 2.04 bits per heavy atom. The molecule has 10 heteroatoms. The van der Waals surface area contributed by atoms with Crippen LogP contribution in [-0.2, 0) is 0 Å². The van der Waals surface area contributed by atoms with Gasteiger partial charge in [-0.1, -0.05) is 35.0 Å². The fourth-order valence-electron chi connectivity index (χ4n) is 1.91. The van der Waals surface area contributed by atoms with Crippen LogP contribution in [0.2, 0.25) is 10.0 Å². The molecule has 0 fully saturated rings. The minimum absolute atomic E-state index is 0.111. The monoisotopic (exact) mass is 386 g/mol. The number of H-pyrrole nitrogens is 3. The van der Waals surface area contributed by atoms with E-state index >= 15 is 0 Å². The van der Waals surface area contributed by atoms with Gasteiger partial charge in [-0.2, -0.15) is 0 Å². The van der Waals surface area contributed by atoms with Crippen LogP contribution in [0.3, 0.4) is 0 Å². The Hall–Kier alpha value is -1.61. The van der Waals surface area contributed by atoms with Crippen LogP contribution in [0.1, 0.15) is 10.4 Å². The smallest absolute Gasteiger partial charge is 0.277 e. The summed E-state index contributed by atoms with van der Waals surface area (Å²) in [6, 6.07) is 4.70. The number of rotatable bonds is 4. The number of nitrogens with zero attached hydrogens (tertiary/aromatic N) is 1. The summed E-state index contributed by atoms with van der Waals surface area (Å²) in [5, 5.41) is 1.19. The quantitative estimate of drug-likeness (QED) is 0.361. The number of hydrogen-bond donors (Lipinski definition) is 3. The summed E-state index contributed by atoms with van der Waals surface area (Å²) in [7, 11) is 0. The third-order valence-electron chi connectivity index (χ3n) is 2.94. The third kappa shape index (κ3) is 3.50. The molecular formula is C13H8Cl2N4O2S2. The second-order valence-corrected chi connectivity index (χ2v) is 6.73. The van der Waals surface area contributed by atoms with E-state index in [4.69, 9.17) is 35.4 Å². The molecule has 0 saturated heterocycles. The fourth-order valence-corrected chi connectivity index (χ4v) is 3.36. The largest absolute Gasteiger partial charge is 0.327 e. The fraction of sp³-hybridized carbons (Fsp3) is 0.0769. The Morgan fingerprint density at radius 1 is 1.26 bits per heavy atom. The van der Waals surface area contributed by atoms with Gasteiger partial charge in [0.15, 0.2) is 21.4 Å². The molecule has 3 aromatic rings. The molecule has 0 bridgehead atoms. The molecule has 6 nitrogen and oxygen atoms in total. The van der Waals surface area contributed by atoms with Crippen LogP contribution in [-0.4, -0.2) is 31.5 Å². The Bertz CT molecular complexity index is 1020. The highest BCUT2D eigenvalue weighted by Crippen LogP contribution is 2.24. The number of fused-ring (bicyclic) bond motifs is 1. The Labute approximate surface area is 148 Å². The van der Waals surface area contributed by atoms with Crippen LogP contribution >= 0.6 is 47.2 Å². The normalized spacial score (nSPS) is 11.0. The number of carbonyl (C=O) groups is 1. The van der Waals surface area contributed by atoms with Gasteiger partial charge < -0.3 is 9.97 Å². The zero-order valence-corrected chi connectivity index (χ0v) is 14.4. The summed E-state index contributed by atoms with van der Waals surface area (Å²) in [5.74, 6) is -0.0567. The van der Waals surface area contributed by atoms with Gasteiger partial charge in [-0.3, -0.25) is 14.6 Å². The molecule has 2 heterocycles. The van der Waals surface area contributed by atoms with E-state index in [-0.39, 0.29) is 27.4 Å². The van der Waals surface area contributed by atoms with Crippen LogP contribution in [0.15, 0.2) is 28.2 Å². The molecule has 0 radical (unpaired) electrons. The number of nitrogens with one attached hydrogen (secondary N) is 3. The Morgan fingerprint density at radius 3 is 2.78 bits per heavy atom. The molecule has 3 rings (SSSR count). The van der Waals surface area contributed by atoms with Crippen molar-refractivity contribution in [2.45, 2.75) is 5.16 Å². The number of halogens is 2. The number of carbonyl (C=O) groups excluding carboxylic acids is 1. The Kier molecular flexibility index (Phi) is 4.58. The lowest BCUT2D eigenvalue weighted by atomic mass is 10.1. The lowest BCUT2D eigenvalue weighted by Crippen LogP contribution is -2.07. The molecule has 0 aliphatic heterocycles. The molecule has 1 aromatic carbocycles. The number of benzene rings is 1. The maximum atomic E-state index is 12.2. The highest BCUT2D eigenvalue weighted by Gasteiger charge is 2.13. The van der Waals surface area contributed by atoms with Crippen LogP contribution in [0, 0.1) is 4.77 Å². The molecular weight excluding hydrogens is 379 g/mol. The maximum Gasteiger partial charge on any atom is 0.277 e. The number of thioether (sulfide) groups is 1. The van der Waals surface area contributed by atoms with Gasteiger partial charge in [0.1, 0.15) is 5.52 Å². The predicted octanol–water partition coefficient (Wildman–Crippen LogP) is 3.59. The van der Waals surface area contributed by atoms with Gasteiger partial charge >= 0.3 is 0 Å². The topological polar surface area (TPSA) is 94.4 Å². The van der Waals surface area contributed by atoms with Gasteiger partial charge in [-0.15, -0.1) is 0 Å². The summed E-state index contributed by atoms with van der Waals surface area (Å²) < 4.78 is 0.189. The van der Waals surface area contributed by atoms with Crippen molar-refractivity contribution in [3.05, 3.63) is 48.9 Å². The Balaban J connectivity index is 1.80. The van der Waals surface area contributed by atoms with E-state index < -0.39 is 0 Å². The summed E-state index contributed by atoms with van der Waals surface area (Å²) in [6.45, 7) is 0. The first kappa shape index (κ1) is 16.3. The van der Waals surface area contributed by atoms with Gasteiger partial charge in [0, 0.05) is 10.6 Å². The van der Waals surface area contributed by atoms with Crippen LogP contribution in [0.4, 0.5) is 0 Å². The number of hydrogen-bond acceptors (Lipinski definition) is 5. The molecule has 0 aliphatic rings. The summed E-state index contributed by atoms with van der Waals surface area (Å²) in [6.07, 6.45) is 0. The van der Waals surface area contributed by atoms with Gasteiger partial charge in [0.2, 0.25) is 0 Å². The van der Waals surface area contributed by atoms with Crippen LogP contribution < -0.4 is 5.56 Å². The van der Waals surface area contributed by atoms with Crippen molar-refractivity contribution in [1.82, 2.24) is 19.9 Å². The van der Waals surface area contributed by atoms with Gasteiger partial charge in [-0.05, 0) is 30.4 Å². The average Bonchev–Trinajstić information content (AvgIpc) is 2.88. The molecule has 0 atom stereocenters. The second kappa shape index (κ2) is 6.48. The molecule has 0 spiro atoms. The highest BCUT2D eigenvalue weighted by atomic mass is 35.5. The van der Waals surface area contributed by atoms with Crippen LogP contribution in [0.5, 0.6) is 0 Å². The lowest BCUT2D eigenvalue weighted by Gasteiger charge is -2.02. The minimum Gasteiger partial charge on any atom is -0.327 e. The molecule has 2 aromatic heterocycles. The average molecular weight is 387 g/mol. The SMILES string of the molecule is O=C(CSc1nc2[nH]c(=S)[nH]c(=O)c2[nH]1)c1ccc(Cl)cc1Cl. The van der Waals surface area contributed by atoms with E-state index in [2.05, 4.69) is 19.9 Å². The van der Waals surface area contributed by atoms with E-state index in [0.717, 1.165) is 11.8 Å². The maximum absolute atomic E-state index is 12.2. The van der Waals surface area contributed by atoms with Crippen molar-refractivity contribution in [3.8, 4) is 0 Å².